The number of nitrogens with zero attached hydrogens (tertiary/aromatic N) is 5. The zero-order valence-corrected chi connectivity index (χ0v) is 72.0. The fourth-order valence-electron chi connectivity index (χ4n) is 16.8. The maximum absolute atomic E-state index is 2.44. The largest absolute Gasteiger partial charge is 0.212 e. The molecule has 2 saturated carbocycles. The van der Waals surface area contributed by atoms with E-state index in [1.54, 1.807) is 0 Å². The molecule has 5 heteroatoms. The number of rotatable bonds is 13. The highest BCUT2D eigenvalue weighted by Gasteiger charge is 2.25. The zero-order valence-electron chi connectivity index (χ0n) is 72.0. The Bertz CT molecular complexity index is 5850. The summed E-state index contributed by atoms with van der Waals surface area (Å²) in [5.41, 5.74) is 40.6. The normalized spacial score (nSPS) is 12.6. The third-order valence-corrected chi connectivity index (χ3v) is 24.2. The van der Waals surface area contributed by atoms with E-state index in [1.165, 1.54) is 231 Å². The van der Waals surface area contributed by atoms with Gasteiger partial charge in [-0.05, 0) is 241 Å². The van der Waals surface area contributed by atoms with Crippen molar-refractivity contribution in [1.29, 1.82) is 0 Å². The first kappa shape index (κ1) is 82.9. The third kappa shape index (κ3) is 20.8. The van der Waals surface area contributed by atoms with E-state index in [4.69, 9.17) is 0 Å². The van der Waals surface area contributed by atoms with Gasteiger partial charge in [-0.25, -0.2) is 22.8 Å². The first-order valence-electron chi connectivity index (χ1n) is 42.5. The summed E-state index contributed by atoms with van der Waals surface area (Å²) in [5, 5.41) is 0. The summed E-state index contributed by atoms with van der Waals surface area (Å²) in [6, 6.07) is 108. The molecule has 0 bridgehead atoms. The molecule has 588 valence electrons. The lowest BCUT2D eigenvalue weighted by molar-refractivity contribution is -0.660. The van der Waals surface area contributed by atoms with Gasteiger partial charge in [0.15, 0.2) is 31.0 Å². The minimum Gasteiger partial charge on any atom is -0.201 e. The topological polar surface area (TPSA) is 19.4 Å². The van der Waals surface area contributed by atoms with Crippen molar-refractivity contribution in [3.8, 4) is 112 Å². The Morgan fingerprint density at radius 3 is 0.846 bits per heavy atom. The minimum absolute atomic E-state index is 0.535. The summed E-state index contributed by atoms with van der Waals surface area (Å²) in [7, 11) is 10.7. The second kappa shape index (κ2) is 39.1. The number of pyridine rings is 5. The number of hydrogen-bond donors (Lipinski definition) is 0. The molecule has 0 amide bonds. The van der Waals surface area contributed by atoms with Crippen LogP contribution in [-0.4, -0.2) is 0 Å². The van der Waals surface area contributed by atoms with Crippen LogP contribution >= 0.6 is 0 Å². The van der Waals surface area contributed by atoms with Gasteiger partial charge in [0.05, 0.1) is 0 Å². The van der Waals surface area contributed by atoms with Crippen molar-refractivity contribution in [2.75, 3.05) is 0 Å². The molecule has 5 aromatic heterocycles. The highest BCUT2D eigenvalue weighted by atomic mass is 14.9. The zero-order chi connectivity index (χ0) is 82.1. The molecule has 2 aliphatic rings. The lowest BCUT2D eigenvalue weighted by Crippen LogP contribution is -2.31. The van der Waals surface area contributed by atoms with Gasteiger partial charge in [-0.2, -0.15) is 0 Å². The van der Waals surface area contributed by atoms with Crippen LogP contribution in [0.2, 0.25) is 0 Å². The quantitative estimate of drug-likeness (QED) is 0.103. The molecule has 2 fully saturated rings. The number of hydrogen-bond acceptors (Lipinski definition) is 0. The van der Waals surface area contributed by atoms with E-state index in [0.717, 1.165) is 11.8 Å². The van der Waals surface area contributed by atoms with Crippen LogP contribution in [0.5, 0.6) is 0 Å². The van der Waals surface area contributed by atoms with Crippen LogP contribution in [-0.2, 0) is 35.2 Å². The van der Waals surface area contributed by atoms with Crippen LogP contribution < -0.4 is 22.8 Å². The number of benzene rings is 10. The van der Waals surface area contributed by atoms with Gasteiger partial charge >= 0.3 is 0 Å². The Hall–Kier alpha value is -12.1. The fraction of sp³-hybridized carbons (Fsp3) is 0.241. The van der Waals surface area contributed by atoms with E-state index in [-0.39, 0.29) is 0 Å². The van der Waals surface area contributed by atoms with Gasteiger partial charge in [-0.3, -0.25) is 0 Å². The monoisotopic (exact) mass is 1530 g/mol. The van der Waals surface area contributed by atoms with Gasteiger partial charge in [0.25, 0.3) is 0 Å². The lowest BCUT2D eigenvalue weighted by atomic mass is 9.84. The summed E-state index contributed by atoms with van der Waals surface area (Å²) in [4.78, 5) is 0. The summed E-state index contributed by atoms with van der Waals surface area (Å²) in [6.45, 7) is 21.9. The van der Waals surface area contributed by atoms with Crippen molar-refractivity contribution in [3.63, 3.8) is 0 Å². The Kier molecular flexibility index (Phi) is 27.7. The summed E-state index contributed by atoms with van der Waals surface area (Å²) >= 11 is 0. The molecular weight excluding hydrogens is 1420 g/mol. The third-order valence-electron chi connectivity index (χ3n) is 24.2. The molecule has 117 heavy (non-hydrogen) atoms. The molecule has 17 rings (SSSR count). The molecule has 0 unspecified atom stereocenters. The van der Waals surface area contributed by atoms with E-state index in [1.807, 2.05) is 0 Å². The van der Waals surface area contributed by atoms with E-state index in [2.05, 4.69) is 456 Å². The van der Waals surface area contributed by atoms with E-state index < -0.39 is 0 Å². The SMILES string of the molecule is Cc1cc(-c2cc(-c3ccccc3)ccc2C)[n+](C)cc1C.Cc1ccc(-c2cc(-c3ccccc3)ccc2C)[n+](C)c1.Cc1ccc(-c2ccccc2)cc1-c1cc(C(C)C)cc[n+]1C.Cc1ccc(-c2ccccc2)cc1-c1cc(C2CCCC2)cc[n+]1C.Cc1ccc(-c2ccccc2)cc1-c1cc(C2CCCCC2)cc[n+]1C. The molecule has 0 spiro atoms. The minimum atomic E-state index is 0.535. The molecule has 0 radical (unpaired) electrons. The maximum atomic E-state index is 2.44. The second-order valence-corrected chi connectivity index (χ2v) is 33.2. The number of aromatic nitrogens is 5. The van der Waals surface area contributed by atoms with Gasteiger partial charge in [0.1, 0.15) is 35.2 Å². The standard InChI is InChI=1S/C25H28N.C24H26N.C22H24N.C21H22N.C20H20N/c1-19-13-14-22(20-9-5-3-6-10-20)17-24(19)25-18-23(15-16-26(25)2)21-11-7-4-8-12-21;1-18-12-13-21(19-8-4-3-5-9-19)16-23(18)24-17-22(14-15-25(24)2)20-10-6-7-11-20;1-16(2)19-12-13-23(4)22(15-19)21-14-20(11-10-17(21)3)18-8-6-5-7-9-18;1-15-10-11-19(18-8-6-5-7-9-18)13-20(15)21-12-16(2)17(3)14-22(21)4;1-15-9-12-20(21(3)14-15)19-13-18(11-10-16(19)2)17-7-5-4-6-8-17/h3,5-6,9-10,13-18,21H,4,7-8,11-12H2,1-2H3;3-5,8-9,12-17,20H,6-7,10-11H2,1-2H3;5-16H,1-4H3;5-14H,1-4H3;4-14H,1-3H3/q5*+1. The summed E-state index contributed by atoms with van der Waals surface area (Å²) in [6.07, 6.45) is 23.3. The molecule has 5 heterocycles. The molecule has 0 saturated heterocycles. The predicted octanol–water partition coefficient (Wildman–Crippen LogP) is 26.5. The molecule has 0 N–H and O–H groups in total. The molecule has 5 nitrogen and oxygen atoms in total. The van der Waals surface area contributed by atoms with E-state index >= 15 is 0 Å². The summed E-state index contributed by atoms with van der Waals surface area (Å²) in [5.74, 6) is 2.02. The highest BCUT2D eigenvalue weighted by Crippen LogP contribution is 2.39. The van der Waals surface area contributed by atoms with Crippen molar-refractivity contribution in [2.24, 2.45) is 35.2 Å². The van der Waals surface area contributed by atoms with Crippen LogP contribution in [0.3, 0.4) is 0 Å². The molecular formula is C112H120N5+5. The average Bonchev–Trinajstić information content (AvgIpc) is 1.17. The van der Waals surface area contributed by atoms with E-state index in [0.29, 0.717) is 5.92 Å². The lowest BCUT2D eigenvalue weighted by Gasteiger charge is -2.22. The molecule has 2 aliphatic carbocycles. The van der Waals surface area contributed by atoms with E-state index in [9.17, 15) is 0 Å². The summed E-state index contributed by atoms with van der Waals surface area (Å²) < 4.78 is 11.2. The molecule has 0 aliphatic heterocycles. The first-order valence-corrected chi connectivity index (χ1v) is 42.5. The van der Waals surface area contributed by atoms with Gasteiger partial charge in [-0.15, -0.1) is 0 Å². The Morgan fingerprint density at radius 2 is 0.521 bits per heavy atom. The van der Waals surface area contributed by atoms with Crippen molar-refractivity contribution in [3.05, 3.63) is 389 Å². The van der Waals surface area contributed by atoms with Crippen LogP contribution in [0.1, 0.15) is 151 Å². The Morgan fingerprint density at radius 1 is 0.231 bits per heavy atom. The van der Waals surface area contributed by atoms with Crippen molar-refractivity contribution in [1.82, 2.24) is 0 Å². The predicted molar refractivity (Wildman–Crippen MR) is 491 cm³/mol. The van der Waals surface area contributed by atoms with Gasteiger partial charge in [0, 0.05) is 87.5 Å². The Labute approximate surface area is 699 Å². The maximum Gasteiger partial charge on any atom is 0.212 e. The van der Waals surface area contributed by atoms with Gasteiger partial charge in [-0.1, -0.05) is 258 Å². The highest BCUT2D eigenvalue weighted by molar-refractivity contribution is 5.78. The van der Waals surface area contributed by atoms with Crippen LogP contribution in [0.4, 0.5) is 0 Å². The second-order valence-electron chi connectivity index (χ2n) is 33.2. The average molecular weight is 1540 g/mol. The fourth-order valence-corrected chi connectivity index (χ4v) is 16.8. The van der Waals surface area contributed by atoms with Gasteiger partial charge < -0.3 is 0 Å². The molecule has 10 aromatic carbocycles. The van der Waals surface area contributed by atoms with Crippen molar-refractivity contribution in [2.45, 2.75) is 145 Å². The van der Waals surface area contributed by atoms with Crippen LogP contribution in [0.15, 0.2) is 328 Å². The molecule has 0 atom stereocenters. The first-order chi connectivity index (χ1) is 56.7. The Balaban J connectivity index is 0.000000127. The smallest absolute Gasteiger partial charge is 0.201 e. The van der Waals surface area contributed by atoms with Crippen molar-refractivity contribution < 1.29 is 22.8 Å². The van der Waals surface area contributed by atoms with Crippen LogP contribution in [0.25, 0.3) is 112 Å². The van der Waals surface area contributed by atoms with Crippen LogP contribution in [0, 0.1) is 55.4 Å². The number of aryl methyl sites for hydroxylation is 13. The molecule has 15 aromatic rings. The van der Waals surface area contributed by atoms with Gasteiger partial charge in [0.2, 0.25) is 28.5 Å². The van der Waals surface area contributed by atoms with Crippen molar-refractivity contribution >= 4 is 0 Å².